The van der Waals surface area contributed by atoms with Gasteiger partial charge in [0.15, 0.2) is 0 Å². The molecule has 0 aliphatic carbocycles. The summed E-state index contributed by atoms with van der Waals surface area (Å²) in [4.78, 5) is 27.5. The van der Waals surface area contributed by atoms with Crippen LogP contribution < -0.4 is 20.5 Å². The fraction of sp³-hybridized carbons (Fsp3) is 0.280. The number of aromatic nitrogens is 1. The maximum atomic E-state index is 13.5. The molecule has 1 amide bonds. The SMILES string of the molecule is CNc1cc(-c2cccc(N3CCOc4cc(C)c(C)cc4C3=O)c2CO)cn(C)c1=O. The number of carbonyl (C=O) groups excluding carboxylic acids is 1. The Bertz CT molecular complexity index is 1260. The zero-order chi connectivity index (χ0) is 23.0. The minimum absolute atomic E-state index is 0.139. The first-order chi connectivity index (χ1) is 15.3. The first-order valence-electron chi connectivity index (χ1n) is 10.5. The van der Waals surface area contributed by atoms with Crippen LogP contribution in [0.2, 0.25) is 0 Å². The largest absolute Gasteiger partial charge is 0.491 e. The Morgan fingerprint density at radius 3 is 2.56 bits per heavy atom. The van der Waals surface area contributed by atoms with Gasteiger partial charge in [-0.3, -0.25) is 9.59 Å². The molecule has 32 heavy (non-hydrogen) atoms. The minimum Gasteiger partial charge on any atom is -0.491 e. The average molecular weight is 434 g/mol. The number of aryl methyl sites for hydroxylation is 3. The number of aliphatic hydroxyl groups excluding tert-OH is 1. The molecule has 0 fully saturated rings. The number of pyridine rings is 1. The average Bonchev–Trinajstić information content (AvgIpc) is 2.94. The van der Waals surface area contributed by atoms with Gasteiger partial charge in [-0.2, -0.15) is 0 Å². The van der Waals surface area contributed by atoms with E-state index in [1.54, 1.807) is 31.3 Å². The minimum atomic E-state index is -0.256. The zero-order valence-corrected chi connectivity index (χ0v) is 18.7. The number of nitrogens with one attached hydrogen (secondary N) is 1. The van der Waals surface area contributed by atoms with Crippen LogP contribution in [0.25, 0.3) is 11.1 Å². The van der Waals surface area contributed by atoms with Crippen molar-refractivity contribution in [1.82, 2.24) is 4.57 Å². The highest BCUT2D eigenvalue weighted by Gasteiger charge is 2.27. The maximum Gasteiger partial charge on any atom is 0.273 e. The lowest BCUT2D eigenvalue weighted by molar-refractivity contribution is 0.0989. The zero-order valence-electron chi connectivity index (χ0n) is 18.7. The molecule has 7 nitrogen and oxygen atoms in total. The van der Waals surface area contributed by atoms with Gasteiger partial charge in [-0.1, -0.05) is 12.1 Å². The highest BCUT2D eigenvalue weighted by molar-refractivity contribution is 6.09. The summed E-state index contributed by atoms with van der Waals surface area (Å²) in [5.41, 5.74) is 5.70. The number of hydrogen-bond acceptors (Lipinski definition) is 5. The number of hydrogen-bond donors (Lipinski definition) is 2. The van der Waals surface area contributed by atoms with E-state index < -0.39 is 0 Å². The smallest absolute Gasteiger partial charge is 0.273 e. The summed E-state index contributed by atoms with van der Waals surface area (Å²) in [6, 6.07) is 11.1. The van der Waals surface area contributed by atoms with E-state index in [-0.39, 0.29) is 18.1 Å². The Morgan fingerprint density at radius 1 is 1.09 bits per heavy atom. The van der Waals surface area contributed by atoms with E-state index >= 15 is 0 Å². The van der Waals surface area contributed by atoms with Crippen molar-refractivity contribution in [3.8, 4) is 16.9 Å². The third kappa shape index (κ3) is 3.65. The lowest BCUT2D eigenvalue weighted by Gasteiger charge is -2.24. The summed E-state index contributed by atoms with van der Waals surface area (Å²) in [6.45, 7) is 4.41. The maximum absolute atomic E-state index is 13.5. The molecule has 0 unspecified atom stereocenters. The van der Waals surface area contributed by atoms with Crippen molar-refractivity contribution in [1.29, 1.82) is 0 Å². The Kier molecular flexibility index (Phi) is 5.76. The second-order valence-electron chi connectivity index (χ2n) is 8.01. The topological polar surface area (TPSA) is 83.8 Å². The standard InChI is InChI=1S/C25H27N3O4/c1-15-10-19-23(11-16(15)2)32-9-8-28(24(19)30)22-7-5-6-18(20(22)14-29)17-12-21(26-3)25(31)27(4)13-17/h5-7,10-13,26,29H,8-9,14H2,1-4H3. The van der Waals surface area contributed by atoms with Crippen LogP contribution in [-0.2, 0) is 13.7 Å². The van der Waals surface area contributed by atoms with Crippen LogP contribution in [0.15, 0.2) is 47.4 Å². The van der Waals surface area contributed by atoms with E-state index in [0.717, 1.165) is 22.3 Å². The van der Waals surface area contributed by atoms with Gasteiger partial charge in [0.25, 0.3) is 11.5 Å². The van der Waals surface area contributed by atoms with Crippen molar-refractivity contribution < 1.29 is 14.6 Å². The fourth-order valence-electron chi connectivity index (χ4n) is 4.10. The van der Waals surface area contributed by atoms with Crippen molar-refractivity contribution in [2.24, 2.45) is 7.05 Å². The number of rotatable bonds is 4. The number of amides is 1. The molecule has 2 heterocycles. The van der Waals surface area contributed by atoms with Crippen LogP contribution in [0.3, 0.4) is 0 Å². The van der Waals surface area contributed by atoms with Crippen molar-refractivity contribution in [3.63, 3.8) is 0 Å². The van der Waals surface area contributed by atoms with E-state index in [0.29, 0.717) is 41.4 Å². The van der Waals surface area contributed by atoms with Gasteiger partial charge in [0, 0.05) is 31.4 Å². The molecule has 0 radical (unpaired) electrons. The first-order valence-corrected chi connectivity index (χ1v) is 10.5. The number of aliphatic hydroxyl groups is 1. The molecule has 0 bridgehead atoms. The van der Waals surface area contributed by atoms with Gasteiger partial charge in [-0.25, -0.2) is 0 Å². The van der Waals surface area contributed by atoms with Gasteiger partial charge in [-0.15, -0.1) is 0 Å². The molecule has 2 N–H and O–H groups in total. The van der Waals surface area contributed by atoms with Gasteiger partial charge < -0.3 is 24.6 Å². The summed E-state index contributed by atoms with van der Waals surface area (Å²) in [7, 11) is 3.38. The van der Waals surface area contributed by atoms with E-state index in [4.69, 9.17) is 4.74 Å². The predicted molar refractivity (Wildman–Crippen MR) is 126 cm³/mol. The molecule has 1 aromatic heterocycles. The molecule has 7 heteroatoms. The Hall–Kier alpha value is -3.58. The van der Waals surface area contributed by atoms with Crippen molar-refractivity contribution in [2.75, 3.05) is 30.4 Å². The second kappa shape index (κ2) is 8.51. The number of anilines is 2. The lowest BCUT2D eigenvalue weighted by Crippen LogP contribution is -2.33. The van der Waals surface area contributed by atoms with E-state index in [9.17, 15) is 14.7 Å². The fourth-order valence-corrected chi connectivity index (χ4v) is 4.10. The van der Waals surface area contributed by atoms with Crippen molar-refractivity contribution in [3.05, 3.63) is 75.2 Å². The Labute approximate surface area is 186 Å². The Balaban J connectivity index is 1.85. The van der Waals surface area contributed by atoms with Gasteiger partial charge in [0.1, 0.15) is 18.0 Å². The van der Waals surface area contributed by atoms with Crippen LogP contribution in [0.4, 0.5) is 11.4 Å². The van der Waals surface area contributed by atoms with Crippen LogP contribution in [0, 0.1) is 13.8 Å². The number of nitrogens with zero attached hydrogens (tertiary/aromatic N) is 2. The monoisotopic (exact) mass is 433 g/mol. The molecule has 0 spiro atoms. The molecular formula is C25H27N3O4. The third-order valence-corrected chi connectivity index (χ3v) is 6.01. The van der Waals surface area contributed by atoms with Gasteiger partial charge >= 0.3 is 0 Å². The van der Waals surface area contributed by atoms with E-state index in [1.165, 1.54) is 4.57 Å². The lowest BCUT2D eigenvalue weighted by atomic mass is 9.98. The van der Waals surface area contributed by atoms with Crippen LogP contribution in [-0.4, -0.2) is 35.8 Å². The van der Waals surface area contributed by atoms with Crippen LogP contribution >= 0.6 is 0 Å². The first kappa shape index (κ1) is 21.6. The number of fused-ring (bicyclic) bond motifs is 1. The summed E-state index contributed by atoms with van der Waals surface area (Å²) in [5, 5.41) is 13.2. The molecule has 166 valence electrons. The molecule has 0 saturated heterocycles. The summed E-state index contributed by atoms with van der Waals surface area (Å²) < 4.78 is 7.38. The Morgan fingerprint density at radius 2 is 1.84 bits per heavy atom. The molecule has 3 aromatic rings. The second-order valence-corrected chi connectivity index (χ2v) is 8.01. The van der Waals surface area contributed by atoms with Gasteiger partial charge in [0.2, 0.25) is 0 Å². The summed E-state index contributed by atoms with van der Waals surface area (Å²) in [5.74, 6) is 0.419. The molecule has 4 rings (SSSR count). The highest BCUT2D eigenvalue weighted by Crippen LogP contribution is 2.35. The highest BCUT2D eigenvalue weighted by atomic mass is 16.5. The van der Waals surface area contributed by atoms with E-state index in [1.807, 2.05) is 44.2 Å². The number of carbonyl (C=O) groups is 1. The molecule has 1 aliphatic rings. The normalized spacial score (nSPS) is 13.4. The molecule has 0 saturated carbocycles. The molecular weight excluding hydrogens is 406 g/mol. The quantitative estimate of drug-likeness (QED) is 0.660. The van der Waals surface area contributed by atoms with E-state index in [2.05, 4.69) is 5.32 Å². The van der Waals surface area contributed by atoms with Crippen LogP contribution in [0.5, 0.6) is 5.75 Å². The molecule has 0 atom stereocenters. The number of benzene rings is 2. The number of ether oxygens (including phenoxy) is 1. The van der Waals surface area contributed by atoms with Crippen molar-refractivity contribution >= 4 is 17.3 Å². The summed E-state index contributed by atoms with van der Waals surface area (Å²) >= 11 is 0. The van der Waals surface area contributed by atoms with Crippen LogP contribution in [0.1, 0.15) is 27.0 Å². The van der Waals surface area contributed by atoms with Gasteiger partial charge in [-0.05, 0) is 54.8 Å². The predicted octanol–water partition coefficient (Wildman–Crippen LogP) is 3.24. The summed E-state index contributed by atoms with van der Waals surface area (Å²) in [6.07, 6.45) is 1.73. The third-order valence-electron chi connectivity index (χ3n) is 6.01. The molecule has 1 aliphatic heterocycles. The van der Waals surface area contributed by atoms with Crippen molar-refractivity contribution in [2.45, 2.75) is 20.5 Å². The van der Waals surface area contributed by atoms with Gasteiger partial charge in [0.05, 0.1) is 24.4 Å². The molecule has 2 aromatic carbocycles.